The average molecular weight is 629 g/mol. The van der Waals surface area contributed by atoms with Crippen LogP contribution in [0.2, 0.25) is 0 Å². The molecular formula is C27H28N6O6S3. The molecule has 2 fully saturated rings. The van der Waals surface area contributed by atoms with Gasteiger partial charge in [-0.05, 0) is 38.1 Å². The minimum absolute atomic E-state index is 0.0405. The van der Waals surface area contributed by atoms with Crippen molar-refractivity contribution >= 4 is 59.6 Å². The number of amides is 1. The van der Waals surface area contributed by atoms with Crippen LogP contribution in [0.3, 0.4) is 0 Å². The Labute approximate surface area is 250 Å². The summed E-state index contributed by atoms with van der Waals surface area (Å²) < 4.78 is 37.2. The van der Waals surface area contributed by atoms with Crippen LogP contribution in [0.4, 0.5) is 5.13 Å². The quantitative estimate of drug-likeness (QED) is 0.205. The highest BCUT2D eigenvalue weighted by atomic mass is 32.2. The molecule has 0 aliphatic carbocycles. The molecule has 4 aromatic rings. The van der Waals surface area contributed by atoms with Crippen LogP contribution in [0.1, 0.15) is 23.4 Å². The molecule has 2 aliphatic rings. The van der Waals surface area contributed by atoms with Crippen molar-refractivity contribution in [2.45, 2.75) is 35.7 Å². The summed E-state index contributed by atoms with van der Waals surface area (Å²) in [6.45, 7) is 2.50. The molecule has 1 amide bonds. The number of hydrogen-bond donors (Lipinski definition) is 1. The van der Waals surface area contributed by atoms with Crippen LogP contribution in [0, 0.1) is 0 Å². The van der Waals surface area contributed by atoms with E-state index in [0.29, 0.717) is 45.0 Å². The van der Waals surface area contributed by atoms with Crippen molar-refractivity contribution < 1.29 is 27.5 Å². The first-order valence-corrected chi connectivity index (χ1v) is 16.5. The molecule has 2 saturated heterocycles. The largest absolute Gasteiger partial charge is 0.473 e. The van der Waals surface area contributed by atoms with Gasteiger partial charge in [0.05, 0.1) is 16.8 Å². The van der Waals surface area contributed by atoms with Crippen molar-refractivity contribution in [2.75, 3.05) is 38.7 Å². The number of thiazole rings is 2. The smallest absolute Gasteiger partial charge is 0.280 e. The maximum Gasteiger partial charge on any atom is 0.280 e. The fourth-order valence-corrected chi connectivity index (χ4v) is 7.62. The molecule has 0 spiro atoms. The van der Waals surface area contributed by atoms with Gasteiger partial charge in [0.2, 0.25) is 5.88 Å². The van der Waals surface area contributed by atoms with E-state index >= 15 is 0 Å². The lowest BCUT2D eigenvalue weighted by Crippen LogP contribution is -2.25. The molecule has 0 saturated carbocycles. The number of nitrogens with one attached hydrogen (secondary N) is 1. The molecule has 3 aromatic heterocycles. The number of anilines is 1. The first kappa shape index (κ1) is 28.6. The molecule has 1 aromatic carbocycles. The highest BCUT2D eigenvalue weighted by Crippen LogP contribution is 2.28. The number of rotatable bonds is 10. The van der Waals surface area contributed by atoms with Crippen LogP contribution in [-0.4, -0.2) is 84.6 Å². The Bertz CT molecular complexity index is 1680. The van der Waals surface area contributed by atoms with Crippen molar-refractivity contribution in [2.24, 2.45) is 5.16 Å². The van der Waals surface area contributed by atoms with Gasteiger partial charge in [-0.15, -0.1) is 11.3 Å². The number of ether oxygens (including phenoxy) is 2. The number of carbonyl (C=O) groups is 1. The number of oxime groups is 1. The van der Waals surface area contributed by atoms with E-state index in [-0.39, 0.29) is 29.9 Å². The maximum absolute atomic E-state index is 13.4. The fourth-order valence-electron chi connectivity index (χ4n) is 4.69. The predicted octanol–water partition coefficient (Wildman–Crippen LogP) is 3.35. The number of likely N-dealkylation sites (tertiary alicyclic amines) is 1. The number of likely N-dealkylation sites (N-methyl/N-ethyl adjacent to an activating group) is 1. The first-order chi connectivity index (χ1) is 20.3. The molecule has 12 nitrogen and oxygen atoms in total. The van der Waals surface area contributed by atoms with Crippen LogP contribution in [0.15, 0.2) is 58.0 Å². The summed E-state index contributed by atoms with van der Waals surface area (Å²) >= 11 is 2.61. The number of benzene rings is 1. The van der Waals surface area contributed by atoms with Gasteiger partial charge in [-0.2, -0.15) is 0 Å². The Morgan fingerprint density at radius 2 is 2.05 bits per heavy atom. The van der Waals surface area contributed by atoms with Crippen LogP contribution >= 0.6 is 22.7 Å². The summed E-state index contributed by atoms with van der Waals surface area (Å²) in [5, 5.41) is 9.14. The van der Waals surface area contributed by atoms with Crippen LogP contribution in [-0.2, 0) is 30.8 Å². The van der Waals surface area contributed by atoms with Crippen molar-refractivity contribution in [3.05, 3.63) is 58.5 Å². The van der Waals surface area contributed by atoms with E-state index in [9.17, 15) is 13.2 Å². The monoisotopic (exact) mass is 628 g/mol. The Morgan fingerprint density at radius 1 is 1.19 bits per heavy atom. The number of carbonyl (C=O) groups excluding carboxylic acids is 1. The van der Waals surface area contributed by atoms with E-state index in [1.165, 1.54) is 46.9 Å². The first-order valence-electron chi connectivity index (χ1n) is 13.3. The highest BCUT2D eigenvalue weighted by molar-refractivity contribution is 7.92. The summed E-state index contributed by atoms with van der Waals surface area (Å²) in [5.41, 5.74) is 0.959. The molecule has 6 rings (SSSR count). The third-order valence-electron chi connectivity index (χ3n) is 6.91. The van der Waals surface area contributed by atoms with E-state index in [0.717, 1.165) is 19.5 Å². The van der Waals surface area contributed by atoms with Gasteiger partial charge in [-0.1, -0.05) is 28.6 Å². The molecule has 42 heavy (non-hydrogen) atoms. The zero-order valence-electron chi connectivity index (χ0n) is 22.6. The summed E-state index contributed by atoms with van der Waals surface area (Å²) in [5.74, 6) is -0.0557. The van der Waals surface area contributed by atoms with Crippen molar-refractivity contribution in [3.8, 4) is 5.88 Å². The van der Waals surface area contributed by atoms with Gasteiger partial charge in [-0.25, -0.2) is 23.4 Å². The van der Waals surface area contributed by atoms with Gasteiger partial charge in [0.1, 0.15) is 21.5 Å². The molecule has 1 N–H and O–H groups in total. The van der Waals surface area contributed by atoms with Gasteiger partial charge in [0.25, 0.3) is 5.91 Å². The highest BCUT2D eigenvalue weighted by Gasteiger charge is 2.31. The lowest BCUT2D eigenvalue weighted by atomic mass is 10.1. The third kappa shape index (κ3) is 6.44. The second kappa shape index (κ2) is 12.4. The van der Waals surface area contributed by atoms with Gasteiger partial charge in [0.15, 0.2) is 27.3 Å². The van der Waals surface area contributed by atoms with Gasteiger partial charge in [0, 0.05) is 42.9 Å². The van der Waals surface area contributed by atoms with Crippen molar-refractivity contribution in [3.63, 3.8) is 0 Å². The Kier molecular flexibility index (Phi) is 8.44. The minimum Gasteiger partial charge on any atom is -0.473 e. The van der Waals surface area contributed by atoms with Gasteiger partial charge in [-0.3, -0.25) is 10.1 Å². The third-order valence-corrected chi connectivity index (χ3v) is 10.7. The van der Waals surface area contributed by atoms with E-state index in [2.05, 4.69) is 37.4 Å². The molecule has 220 valence electrons. The second-order valence-electron chi connectivity index (χ2n) is 9.93. The SMILES string of the molecule is CN1CC[C@H](Oc2ccc3nc(NC(=O)C(=NOCc4nccs4)c4ccc(S(=O)(=O)[C@H]5CCOC5)cc4)sc3n2)C1. The maximum atomic E-state index is 13.4. The summed E-state index contributed by atoms with van der Waals surface area (Å²) in [7, 11) is -1.50. The van der Waals surface area contributed by atoms with Crippen molar-refractivity contribution in [1.82, 2.24) is 19.9 Å². The fraction of sp³-hybridized carbons (Fsp3) is 0.370. The Hall–Kier alpha value is -3.50. The lowest BCUT2D eigenvalue weighted by Gasteiger charge is -2.12. The summed E-state index contributed by atoms with van der Waals surface area (Å²) in [6.07, 6.45) is 3.13. The van der Waals surface area contributed by atoms with E-state index in [1.807, 2.05) is 11.4 Å². The van der Waals surface area contributed by atoms with Gasteiger partial charge < -0.3 is 19.2 Å². The van der Waals surface area contributed by atoms with Crippen LogP contribution in [0.5, 0.6) is 5.88 Å². The molecule has 5 heterocycles. The molecule has 0 radical (unpaired) electrons. The molecule has 15 heteroatoms. The van der Waals surface area contributed by atoms with Crippen LogP contribution in [0.25, 0.3) is 10.3 Å². The molecule has 0 bridgehead atoms. The van der Waals surface area contributed by atoms with Crippen LogP contribution < -0.4 is 10.1 Å². The summed E-state index contributed by atoms with van der Waals surface area (Å²) in [4.78, 5) is 35.1. The number of hydrogen-bond acceptors (Lipinski definition) is 13. The molecular weight excluding hydrogens is 601 g/mol. The normalized spacial score (nSPS) is 19.8. The number of fused-ring (bicyclic) bond motifs is 1. The lowest BCUT2D eigenvalue weighted by molar-refractivity contribution is -0.110. The van der Waals surface area contributed by atoms with E-state index in [4.69, 9.17) is 14.3 Å². The van der Waals surface area contributed by atoms with Crippen molar-refractivity contribution in [1.29, 1.82) is 0 Å². The number of pyridine rings is 1. The van der Waals surface area contributed by atoms with E-state index < -0.39 is 21.0 Å². The molecule has 2 atom stereocenters. The van der Waals surface area contributed by atoms with Gasteiger partial charge >= 0.3 is 0 Å². The number of sulfone groups is 1. The second-order valence-corrected chi connectivity index (χ2v) is 14.1. The number of aromatic nitrogens is 3. The predicted molar refractivity (Wildman–Crippen MR) is 159 cm³/mol. The zero-order valence-corrected chi connectivity index (χ0v) is 25.1. The Balaban J connectivity index is 1.21. The minimum atomic E-state index is -3.56. The molecule has 2 aliphatic heterocycles. The Morgan fingerprint density at radius 3 is 2.76 bits per heavy atom. The average Bonchev–Trinajstić information content (AvgIpc) is 3.80. The molecule has 0 unspecified atom stereocenters. The topological polar surface area (TPSA) is 145 Å². The standard InChI is InChI=1S/C27H28N6O6S3/c1-33-11-8-18(14-33)39-22-7-6-21-26(30-22)41-27(29-21)31-25(34)24(32-38-16-23-28-10-13-40-23)17-2-4-19(5-3-17)42(35,36)20-9-12-37-15-20/h2-7,10,13,18,20H,8-9,11-12,14-16H2,1H3,(H,29,31,34)/t18-,20-/m0/s1. The number of nitrogens with zero attached hydrogens (tertiary/aromatic N) is 5. The summed E-state index contributed by atoms with van der Waals surface area (Å²) in [6, 6.07) is 9.60. The zero-order chi connectivity index (χ0) is 29.1. The van der Waals surface area contributed by atoms with E-state index in [1.54, 1.807) is 12.3 Å².